The van der Waals surface area contributed by atoms with Crippen LogP contribution in [0.4, 0.5) is 0 Å². The van der Waals surface area contributed by atoms with Crippen molar-refractivity contribution in [2.24, 2.45) is 0 Å². The van der Waals surface area contributed by atoms with Crippen LogP contribution < -0.4 is 9.47 Å². The van der Waals surface area contributed by atoms with E-state index in [4.69, 9.17) is 21.1 Å². The minimum atomic E-state index is -0.466. The Kier molecular flexibility index (Phi) is 4.26. The number of halogens is 1. The molecular formula is C18H16ClNO3. The number of benzene rings is 2. The van der Waals surface area contributed by atoms with E-state index in [1.54, 1.807) is 37.3 Å². The van der Waals surface area contributed by atoms with Crippen molar-refractivity contribution >= 4 is 22.5 Å². The Hall–Kier alpha value is -2.46. The predicted molar refractivity (Wildman–Crippen MR) is 90.3 cm³/mol. The summed E-state index contributed by atoms with van der Waals surface area (Å²) < 4.78 is 11.5. The maximum Gasteiger partial charge on any atom is 0.238 e. The van der Waals surface area contributed by atoms with E-state index in [0.717, 1.165) is 10.9 Å². The number of aromatic hydroxyl groups is 1. The second-order valence-electron chi connectivity index (χ2n) is 5.20. The van der Waals surface area contributed by atoms with Gasteiger partial charge in [-0.15, -0.1) is 0 Å². The summed E-state index contributed by atoms with van der Waals surface area (Å²) in [6.07, 6.45) is -0.466. The number of hydrogen-bond acceptors (Lipinski definition) is 4. The Bertz CT molecular complexity index is 834. The van der Waals surface area contributed by atoms with E-state index < -0.39 is 6.29 Å². The molecule has 118 valence electrons. The van der Waals surface area contributed by atoms with Gasteiger partial charge in [0.05, 0.1) is 11.2 Å². The van der Waals surface area contributed by atoms with Gasteiger partial charge in [0, 0.05) is 23.4 Å². The Morgan fingerprint density at radius 1 is 1.00 bits per heavy atom. The molecule has 0 fully saturated rings. The maximum absolute atomic E-state index is 9.69. The Morgan fingerprint density at radius 3 is 2.39 bits per heavy atom. The van der Waals surface area contributed by atoms with Gasteiger partial charge in [-0.05, 0) is 49.4 Å². The van der Waals surface area contributed by atoms with Crippen LogP contribution >= 0.6 is 11.6 Å². The smallest absolute Gasteiger partial charge is 0.238 e. The average molecular weight is 330 g/mol. The number of nitrogens with zero attached hydrogens (tertiary/aromatic N) is 1. The molecule has 5 heteroatoms. The Balaban J connectivity index is 1.75. The molecule has 1 heterocycles. The minimum Gasteiger partial charge on any atom is -0.506 e. The summed E-state index contributed by atoms with van der Waals surface area (Å²) in [6.45, 7) is 3.57. The second kappa shape index (κ2) is 6.34. The van der Waals surface area contributed by atoms with Gasteiger partial charge in [-0.25, -0.2) is 4.98 Å². The molecule has 0 saturated carbocycles. The average Bonchev–Trinajstić information content (AvgIpc) is 2.51. The van der Waals surface area contributed by atoms with Crippen LogP contribution in [0.1, 0.15) is 12.6 Å². The number of fused-ring (bicyclic) bond motifs is 1. The summed E-state index contributed by atoms with van der Waals surface area (Å²) in [7, 11) is 0. The molecule has 0 bridgehead atoms. The Morgan fingerprint density at radius 2 is 1.65 bits per heavy atom. The van der Waals surface area contributed by atoms with E-state index in [-0.39, 0.29) is 5.75 Å². The molecule has 23 heavy (non-hydrogen) atoms. The summed E-state index contributed by atoms with van der Waals surface area (Å²) in [6, 6.07) is 14.3. The van der Waals surface area contributed by atoms with Crippen LogP contribution in [-0.4, -0.2) is 16.4 Å². The van der Waals surface area contributed by atoms with Gasteiger partial charge in [-0.1, -0.05) is 11.6 Å². The largest absolute Gasteiger partial charge is 0.506 e. The molecule has 0 aliphatic carbocycles. The van der Waals surface area contributed by atoms with Gasteiger partial charge >= 0.3 is 0 Å². The second-order valence-corrected chi connectivity index (χ2v) is 5.64. The first-order valence-electron chi connectivity index (χ1n) is 7.20. The lowest BCUT2D eigenvalue weighted by molar-refractivity contribution is 0.0224. The minimum absolute atomic E-state index is 0.186. The molecule has 1 N–H and O–H groups in total. The van der Waals surface area contributed by atoms with Gasteiger partial charge in [0.15, 0.2) is 0 Å². The number of rotatable bonds is 4. The number of pyridine rings is 1. The van der Waals surface area contributed by atoms with Crippen molar-refractivity contribution < 1.29 is 14.6 Å². The molecular weight excluding hydrogens is 314 g/mol. The van der Waals surface area contributed by atoms with Crippen molar-refractivity contribution in [3.8, 4) is 17.2 Å². The fraction of sp³-hybridized carbons (Fsp3) is 0.167. The van der Waals surface area contributed by atoms with Gasteiger partial charge in [0.25, 0.3) is 0 Å². The van der Waals surface area contributed by atoms with E-state index in [1.807, 2.05) is 25.1 Å². The standard InChI is InChI=1S/C18H16ClNO3/c1-11-18(21)9-13-3-6-16(10-17(13)20-11)23-12(2)22-15-7-4-14(19)5-8-15/h3-10,12,21H,1-2H3. The van der Waals surface area contributed by atoms with Gasteiger partial charge in [0.2, 0.25) is 6.29 Å². The first-order valence-corrected chi connectivity index (χ1v) is 7.58. The molecule has 0 aliphatic heterocycles. The summed E-state index contributed by atoms with van der Waals surface area (Å²) in [5.41, 5.74) is 1.34. The van der Waals surface area contributed by atoms with Gasteiger partial charge in [-0.3, -0.25) is 0 Å². The first kappa shape index (κ1) is 15.4. The van der Waals surface area contributed by atoms with Crippen molar-refractivity contribution in [1.82, 2.24) is 4.98 Å². The van der Waals surface area contributed by atoms with Crippen LogP contribution in [0.5, 0.6) is 17.2 Å². The third-order valence-electron chi connectivity index (χ3n) is 3.37. The topological polar surface area (TPSA) is 51.6 Å². The molecule has 0 aliphatic rings. The zero-order valence-corrected chi connectivity index (χ0v) is 13.5. The molecule has 0 spiro atoms. The summed E-state index contributed by atoms with van der Waals surface area (Å²) in [4.78, 5) is 4.35. The lowest BCUT2D eigenvalue weighted by Gasteiger charge is -2.17. The lowest BCUT2D eigenvalue weighted by Crippen LogP contribution is -2.19. The van der Waals surface area contributed by atoms with Crippen LogP contribution in [0.25, 0.3) is 10.9 Å². The van der Waals surface area contributed by atoms with Crippen LogP contribution in [0.2, 0.25) is 5.02 Å². The zero-order valence-electron chi connectivity index (χ0n) is 12.8. The first-order chi connectivity index (χ1) is 11.0. The van der Waals surface area contributed by atoms with Crippen molar-refractivity contribution in [1.29, 1.82) is 0 Å². The van der Waals surface area contributed by atoms with Crippen molar-refractivity contribution in [2.75, 3.05) is 0 Å². The SMILES string of the molecule is Cc1nc2cc(OC(C)Oc3ccc(Cl)cc3)ccc2cc1O. The highest BCUT2D eigenvalue weighted by molar-refractivity contribution is 6.30. The van der Waals surface area contributed by atoms with Crippen molar-refractivity contribution in [3.05, 3.63) is 59.2 Å². The normalized spacial score (nSPS) is 12.1. The predicted octanol–water partition coefficient (Wildman–Crippen LogP) is 4.71. The zero-order chi connectivity index (χ0) is 16.4. The van der Waals surface area contributed by atoms with E-state index in [2.05, 4.69) is 4.98 Å². The summed E-state index contributed by atoms with van der Waals surface area (Å²) in [5.74, 6) is 1.52. The maximum atomic E-state index is 9.69. The molecule has 0 saturated heterocycles. The van der Waals surface area contributed by atoms with Crippen LogP contribution in [0.3, 0.4) is 0 Å². The fourth-order valence-electron chi connectivity index (χ4n) is 2.23. The molecule has 3 aromatic rings. The number of aryl methyl sites for hydroxylation is 1. The number of aromatic nitrogens is 1. The van der Waals surface area contributed by atoms with Crippen LogP contribution in [0.15, 0.2) is 48.5 Å². The van der Waals surface area contributed by atoms with E-state index in [0.29, 0.717) is 22.2 Å². The van der Waals surface area contributed by atoms with E-state index in [9.17, 15) is 5.11 Å². The van der Waals surface area contributed by atoms with Crippen LogP contribution in [0, 0.1) is 6.92 Å². The summed E-state index contributed by atoms with van der Waals surface area (Å²) in [5, 5.41) is 11.2. The van der Waals surface area contributed by atoms with Crippen LogP contribution in [-0.2, 0) is 0 Å². The molecule has 0 amide bonds. The molecule has 2 aromatic carbocycles. The molecule has 1 unspecified atom stereocenters. The molecule has 1 atom stereocenters. The van der Waals surface area contributed by atoms with Gasteiger partial charge in [-0.2, -0.15) is 0 Å². The van der Waals surface area contributed by atoms with Gasteiger partial charge in [0.1, 0.15) is 17.2 Å². The number of ether oxygens (including phenoxy) is 2. The molecule has 0 radical (unpaired) electrons. The Labute approximate surface area is 139 Å². The molecule has 4 nitrogen and oxygen atoms in total. The van der Waals surface area contributed by atoms with E-state index in [1.165, 1.54) is 0 Å². The van der Waals surface area contributed by atoms with Crippen molar-refractivity contribution in [2.45, 2.75) is 20.1 Å². The van der Waals surface area contributed by atoms with Gasteiger partial charge < -0.3 is 14.6 Å². The lowest BCUT2D eigenvalue weighted by atomic mass is 10.2. The summed E-state index contributed by atoms with van der Waals surface area (Å²) >= 11 is 5.85. The quantitative estimate of drug-likeness (QED) is 0.704. The fourth-order valence-corrected chi connectivity index (χ4v) is 2.35. The number of hydrogen-bond donors (Lipinski definition) is 1. The highest BCUT2D eigenvalue weighted by Crippen LogP contribution is 2.25. The third-order valence-corrected chi connectivity index (χ3v) is 3.62. The third kappa shape index (κ3) is 3.66. The highest BCUT2D eigenvalue weighted by atomic mass is 35.5. The van der Waals surface area contributed by atoms with E-state index >= 15 is 0 Å². The molecule has 3 rings (SSSR count). The monoisotopic (exact) mass is 329 g/mol. The molecule has 1 aromatic heterocycles. The van der Waals surface area contributed by atoms with Crippen molar-refractivity contribution in [3.63, 3.8) is 0 Å². The highest BCUT2D eigenvalue weighted by Gasteiger charge is 2.08.